The molecule has 0 atom stereocenters. The zero-order valence-electron chi connectivity index (χ0n) is 10.2. The van der Waals surface area contributed by atoms with Gasteiger partial charge in [-0.15, -0.1) is 11.3 Å². The van der Waals surface area contributed by atoms with E-state index >= 15 is 0 Å². The molecule has 7 heteroatoms. The minimum absolute atomic E-state index is 0.0656. The molecule has 0 saturated carbocycles. The molecular formula is C12H15N3O2S2. The molecule has 3 N–H and O–H groups in total. The predicted molar refractivity (Wildman–Crippen MR) is 77.2 cm³/mol. The molecule has 0 fully saturated rings. The molecule has 0 amide bonds. The van der Waals surface area contributed by atoms with Crippen LogP contribution in [0.1, 0.15) is 5.01 Å². The Hall–Kier alpha value is -1.28. The third kappa shape index (κ3) is 4.71. The Balaban J connectivity index is 1.88. The Kier molecular flexibility index (Phi) is 4.65. The highest BCUT2D eigenvalue weighted by Gasteiger charge is 2.05. The van der Waals surface area contributed by atoms with E-state index < -0.39 is 10.0 Å². The van der Waals surface area contributed by atoms with Crippen molar-refractivity contribution in [1.82, 2.24) is 10.3 Å². The summed E-state index contributed by atoms with van der Waals surface area (Å²) >= 11 is 1.55. The van der Waals surface area contributed by atoms with Crippen LogP contribution in [-0.4, -0.2) is 25.7 Å². The summed E-state index contributed by atoms with van der Waals surface area (Å²) in [5.74, 6) is -0.0656. The van der Waals surface area contributed by atoms with Gasteiger partial charge in [0.2, 0.25) is 10.0 Å². The summed E-state index contributed by atoms with van der Waals surface area (Å²) in [6.45, 7) is 0.881. The minimum atomic E-state index is -3.40. The van der Waals surface area contributed by atoms with Crippen molar-refractivity contribution in [2.24, 2.45) is 5.14 Å². The number of nitrogens with one attached hydrogen (secondary N) is 1. The second-order valence-electron chi connectivity index (χ2n) is 4.04. The molecule has 1 aromatic heterocycles. The quantitative estimate of drug-likeness (QED) is 0.784. The van der Waals surface area contributed by atoms with Crippen LogP contribution in [0.15, 0.2) is 35.7 Å². The van der Waals surface area contributed by atoms with Gasteiger partial charge in [-0.2, -0.15) is 0 Å². The number of benzene rings is 1. The Morgan fingerprint density at radius 3 is 2.68 bits per heavy atom. The topological polar surface area (TPSA) is 85.1 Å². The van der Waals surface area contributed by atoms with Crippen LogP contribution in [0, 0.1) is 0 Å². The van der Waals surface area contributed by atoms with E-state index in [1.54, 1.807) is 11.3 Å². The standard InChI is InChI=1S/C12H15N3O2S2/c13-19(16,17)7-6-14-8-12-15-11(9-18-12)10-4-2-1-3-5-10/h1-5,9,14H,6-8H2,(H2,13,16,17). The number of sulfonamides is 1. The third-order valence-corrected chi connectivity index (χ3v) is 4.08. The van der Waals surface area contributed by atoms with Crippen LogP contribution in [0.5, 0.6) is 0 Å². The molecule has 1 aromatic carbocycles. The van der Waals surface area contributed by atoms with E-state index in [1.165, 1.54) is 0 Å². The van der Waals surface area contributed by atoms with E-state index in [0.717, 1.165) is 16.3 Å². The van der Waals surface area contributed by atoms with Crippen molar-refractivity contribution in [3.63, 3.8) is 0 Å². The lowest BCUT2D eigenvalue weighted by Gasteiger charge is -2.00. The molecule has 2 rings (SSSR count). The van der Waals surface area contributed by atoms with Crippen molar-refractivity contribution in [3.8, 4) is 11.3 Å². The molecule has 0 saturated heterocycles. The Labute approximate surface area is 116 Å². The fourth-order valence-corrected chi connectivity index (χ4v) is 2.75. The second-order valence-corrected chi connectivity index (χ2v) is 6.71. The lowest BCUT2D eigenvalue weighted by molar-refractivity contribution is 0.592. The summed E-state index contributed by atoms with van der Waals surface area (Å²) in [6, 6.07) is 9.92. The van der Waals surface area contributed by atoms with Crippen molar-refractivity contribution in [1.29, 1.82) is 0 Å². The van der Waals surface area contributed by atoms with Crippen LogP contribution < -0.4 is 10.5 Å². The van der Waals surface area contributed by atoms with Gasteiger partial charge in [0, 0.05) is 24.0 Å². The van der Waals surface area contributed by atoms with E-state index in [1.807, 2.05) is 35.7 Å². The molecule has 2 aromatic rings. The molecule has 19 heavy (non-hydrogen) atoms. The summed E-state index contributed by atoms with van der Waals surface area (Å²) < 4.78 is 21.5. The summed E-state index contributed by atoms with van der Waals surface area (Å²) in [5.41, 5.74) is 2.02. The number of aromatic nitrogens is 1. The van der Waals surface area contributed by atoms with E-state index in [-0.39, 0.29) is 5.75 Å². The number of thiazole rings is 1. The predicted octanol–water partition coefficient (Wildman–Crippen LogP) is 1.19. The van der Waals surface area contributed by atoms with Crippen molar-refractivity contribution in [3.05, 3.63) is 40.7 Å². The van der Waals surface area contributed by atoms with E-state index in [0.29, 0.717) is 13.1 Å². The van der Waals surface area contributed by atoms with Crippen LogP contribution in [0.2, 0.25) is 0 Å². The number of hydrogen-bond acceptors (Lipinski definition) is 5. The van der Waals surface area contributed by atoms with Crippen molar-refractivity contribution in [2.75, 3.05) is 12.3 Å². The normalized spacial score (nSPS) is 11.6. The number of nitrogens with zero attached hydrogens (tertiary/aromatic N) is 1. The first-order chi connectivity index (χ1) is 9.04. The molecule has 1 heterocycles. The van der Waals surface area contributed by atoms with Crippen LogP contribution in [-0.2, 0) is 16.6 Å². The highest BCUT2D eigenvalue weighted by Crippen LogP contribution is 2.21. The van der Waals surface area contributed by atoms with E-state index in [4.69, 9.17) is 5.14 Å². The van der Waals surface area contributed by atoms with Gasteiger partial charge >= 0.3 is 0 Å². The van der Waals surface area contributed by atoms with Crippen LogP contribution in [0.3, 0.4) is 0 Å². The Morgan fingerprint density at radius 2 is 2.00 bits per heavy atom. The number of rotatable bonds is 6. The molecule has 5 nitrogen and oxygen atoms in total. The van der Waals surface area contributed by atoms with Crippen LogP contribution >= 0.6 is 11.3 Å². The van der Waals surface area contributed by atoms with Gasteiger partial charge in [0.25, 0.3) is 0 Å². The Bertz CT molecular complexity index is 623. The van der Waals surface area contributed by atoms with Gasteiger partial charge < -0.3 is 5.32 Å². The molecule has 0 aliphatic heterocycles. The first-order valence-corrected chi connectivity index (χ1v) is 8.35. The van der Waals surface area contributed by atoms with Crippen molar-refractivity contribution in [2.45, 2.75) is 6.54 Å². The summed E-state index contributed by atoms with van der Waals surface area (Å²) in [4.78, 5) is 4.49. The first kappa shape index (κ1) is 14.1. The summed E-state index contributed by atoms with van der Waals surface area (Å²) in [6.07, 6.45) is 0. The molecular weight excluding hydrogens is 282 g/mol. The van der Waals surface area contributed by atoms with Crippen molar-refractivity contribution >= 4 is 21.4 Å². The lowest BCUT2D eigenvalue weighted by Crippen LogP contribution is -2.26. The highest BCUT2D eigenvalue weighted by molar-refractivity contribution is 7.89. The van der Waals surface area contributed by atoms with Gasteiger partial charge in [0.1, 0.15) is 5.01 Å². The zero-order valence-corrected chi connectivity index (χ0v) is 11.9. The molecule has 0 aliphatic rings. The first-order valence-electron chi connectivity index (χ1n) is 5.75. The number of hydrogen-bond donors (Lipinski definition) is 2. The number of nitrogens with two attached hydrogens (primary N) is 1. The third-order valence-electron chi connectivity index (χ3n) is 2.46. The maximum absolute atomic E-state index is 10.8. The molecule has 0 spiro atoms. The number of primary sulfonamides is 1. The smallest absolute Gasteiger partial charge is 0.210 e. The SMILES string of the molecule is NS(=O)(=O)CCNCc1nc(-c2ccccc2)cs1. The molecule has 0 aliphatic carbocycles. The minimum Gasteiger partial charge on any atom is -0.309 e. The van der Waals surface area contributed by atoms with Gasteiger partial charge in [-0.05, 0) is 0 Å². The maximum atomic E-state index is 10.8. The zero-order chi connectivity index (χ0) is 13.7. The van der Waals surface area contributed by atoms with Crippen LogP contribution in [0.4, 0.5) is 0 Å². The summed E-state index contributed by atoms with van der Waals surface area (Å²) in [5, 5.41) is 10.8. The highest BCUT2D eigenvalue weighted by atomic mass is 32.2. The molecule has 0 unspecified atom stereocenters. The summed E-state index contributed by atoms with van der Waals surface area (Å²) in [7, 11) is -3.40. The monoisotopic (exact) mass is 297 g/mol. The fraction of sp³-hybridized carbons (Fsp3) is 0.250. The van der Waals surface area contributed by atoms with Gasteiger partial charge in [0.05, 0.1) is 11.4 Å². The van der Waals surface area contributed by atoms with Gasteiger partial charge in [0.15, 0.2) is 0 Å². The largest absolute Gasteiger partial charge is 0.309 e. The average molecular weight is 297 g/mol. The lowest BCUT2D eigenvalue weighted by atomic mass is 10.2. The maximum Gasteiger partial charge on any atom is 0.210 e. The second kappa shape index (κ2) is 6.25. The molecule has 0 bridgehead atoms. The molecule has 0 radical (unpaired) electrons. The molecule has 102 valence electrons. The Morgan fingerprint density at radius 1 is 1.26 bits per heavy atom. The van der Waals surface area contributed by atoms with Crippen LogP contribution in [0.25, 0.3) is 11.3 Å². The van der Waals surface area contributed by atoms with Crippen molar-refractivity contribution < 1.29 is 8.42 Å². The fourth-order valence-electron chi connectivity index (χ4n) is 1.54. The van der Waals surface area contributed by atoms with Gasteiger partial charge in [-0.25, -0.2) is 18.5 Å². The van der Waals surface area contributed by atoms with Gasteiger partial charge in [-0.3, -0.25) is 0 Å². The van der Waals surface area contributed by atoms with Gasteiger partial charge in [-0.1, -0.05) is 30.3 Å². The average Bonchev–Trinajstić information content (AvgIpc) is 2.83. The van der Waals surface area contributed by atoms with E-state index in [2.05, 4.69) is 10.3 Å². The van der Waals surface area contributed by atoms with E-state index in [9.17, 15) is 8.42 Å².